The molecular weight excluding hydrogens is 320 g/mol. The molecule has 0 fully saturated rings. The van der Waals surface area contributed by atoms with Gasteiger partial charge in [0.2, 0.25) is 0 Å². The molecule has 2 N–H and O–H groups in total. The van der Waals surface area contributed by atoms with Crippen LogP contribution in [0.4, 0.5) is 4.79 Å². The van der Waals surface area contributed by atoms with E-state index in [1.807, 2.05) is 0 Å². The van der Waals surface area contributed by atoms with Gasteiger partial charge in [0.25, 0.3) is 0 Å². The molecule has 0 atom stereocenters. The number of fused-ring (bicyclic) bond motifs is 1. The smallest absolute Gasteiger partial charge is 0.356 e. The van der Waals surface area contributed by atoms with Crippen LogP contribution in [0.3, 0.4) is 0 Å². The molecule has 2 heterocycles. The Morgan fingerprint density at radius 3 is 2.61 bits per heavy atom. The fourth-order valence-corrected chi connectivity index (χ4v) is 2.84. The topological polar surface area (TPSA) is 87.5 Å². The first-order chi connectivity index (χ1) is 11.0. The highest BCUT2D eigenvalue weighted by atomic mass is 35.5. The van der Waals surface area contributed by atoms with E-state index in [2.05, 4.69) is 10.4 Å². The van der Waals surface area contributed by atoms with Gasteiger partial charge in [-0.2, -0.15) is 5.10 Å². The normalized spacial score (nSPS) is 13.6. The molecule has 0 saturated heterocycles. The highest BCUT2D eigenvalue weighted by Crippen LogP contribution is 2.26. The number of carboxylic acids is 1. The Balaban J connectivity index is 2.06. The number of aromatic carboxylic acids is 1. The van der Waals surface area contributed by atoms with Gasteiger partial charge in [-0.3, -0.25) is 0 Å². The van der Waals surface area contributed by atoms with Crippen molar-refractivity contribution in [3.63, 3.8) is 0 Å². The van der Waals surface area contributed by atoms with Crippen LogP contribution in [0.5, 0.6) is 0 Å². The Hall–Kier alpha value is -2.54. The second-order valence-electron chi connectivity index (χ2n) is 5.19. The number of nitrogens with one attached hydrogen (secondary N) is 1. The third-order valence-corrected chi connectivity index (χ3v) is 4.08. The lowest BCUT2D eigenvalue weighted by Crippen LogP contribution is -2.41. The zero-order valence-corrected chi connectivity index (χ0v) is 13.2. The van der Waals surface area contributed by atoms with Gasteiger partial charge in [-0.15, -0.1) is 0 Å². The van der Waals surface area contributed by atoms with Gasteiger partial charge in [-0.25, -0.2) is 14.3 Å². The molecule has 1 aliphatic heterocycles. The third-order valence-electron chi connectivity index (χ3n) is 3.83. The summed E-state index contributed by atoms with van der Waals surface area (Å²) in [4.78, 5) is 24.9. The van der Waals surface area contributed by atoms with Gasteiger partial charge in [0.15, 0.2) is 5.69 Å². The van der Waals surface area contributed by atoms with Crippen molar-refractivity contribution in [2.24, 2.45) is 0 Å². The van der Waals surface area contributed by atoms with Crippen LogP contribution in [0.15, 0.2) is 24.3 Å². The summed E-state index contributed by atoms with van der Waals surface area (Å²) >= 11 is 5.89. The largest absolute Gasteiger partial charge is 0.476 e. The Morgan fingerprint density at radius 2 is 2.00 bits per heavy atom. The van der Waals surface area contributed by atoms with Crippen LogP contribution in [0.25, 0.3) is 5.69 Å². The first kappa shape index (κ1) is 15.4. The Kier molecular flexibility index (Phi) is 3.96. The Morgan fingerprint density at radius 1 is 1.30 bits per heavy atom. The summed E-state index contributed by atoms with van der Waals surface area (Å²) in [6, 6.07) is 6.79. The number of hydrogen-bond acceptors (Lipinski definition) is 3. The van der Waals surface area contributed by atoms with E-state index in [4.69, 9.17) is 11.6 Å². The highest BCUT2D eigenvalue weighted by Gasteiger charge is 2.30. The molecule has 1 aromatic carbocycles. The van der Waals surface area contributed by atoms with Gasteiger partial charge >= 0.3 is 12.0 Å². The zero-order valence-electron chi connectivity index (χ0n) is 12.4. The van der Waals surface area contributed by atoms with E-state index < -0.39 is 5.97 Å². The van der Waals surface area contributed by atoms with Crippen LogP contribution >= 0.6 is 11.6 Å². The lowest BCUT2D eigenvalue weighted by atomic mass is 10.1. The maximum absolute atomic E-state index is 11.8. The second-order valence-corrected chi connectivity index (χ2v) is 5.63. The number of aromatic nitrogens is 2. The van der Waals surface area contributed by atoms with E-state index in [0.29, 0.717) is 23.6 Å². The highest BCUT2D eigenvalue weighted by molar-refractivity contribution is 6.30. The van der Waals surface area contributed by atoms with Crippen molar-refractivity contribution in [3.8, 4) is 5.69 Å². The molecule has 0 radical (unpaired) electrons. The van der Waals surface area contributed by atoms with E-state index in [1.54, 1.807) is 40.9 Å². The molecule has 120 valence electrons. The van der Waals surface area contributed by atoms with Crippen LogP contribution in [0.1, 0.15) is 21.7 Å². The van der Waals surface area contributed by atoms with Crippen molar-refractivity contribution in [1.29, 1.82) is 0 Å². The zero-order chi connectivity index (χ0) is 16.6. The van der Waals surface area contributed by atoms with E-state index in [9.17, 15) is 14.7 Å². The molecule has 0 spiro atoms. The first-order valence-corrected chi connectivity index (χ1v) is 7.45. The predicted octanol–water partition coefficient (Wildman–Crippen LogP) is 1.92. The predicted molar refractivity (Wildman–Crippen MR) is 84.1 cm³/mol. The number of carbonyl (C=O) groups excluding carboxylic acids is 1. The summed E-state index contributed by atoms with van der Waals surface area (Å²) in [6.07, 6.45) is 0.533. The molecule has 0 saturated carbocycles. The van der Waals surface area contributed by atoms with Crippen molar-refractivity contribution < 1.29 is 14.7 Å². The maximum atomic E-state index is 11.8. The summed E-state index contributed by atoms with van der Waals surface area (Å²) in [5, 5.41) is 16.8. The molecule has 0 aliphatic carbocycles. The Labute approximate surface area is 137 Å². The number of benzene rings is 1. The molecule has 2 aromatic rings. The average Bonchev–Trinajstić information content (AvgIpc) is 2.93. The molecule has 1 aliphatic rings. The van der Waals surface area contributed by atoms with E-state index >= 15 is 0 Å². The number of amides is 2. The fourth-order valence-electron chi connectivity index (χ4n) is 2.72. The van der Waals surface area contributed by atoms with Crippen molar-refractivity contribution in [2.45, 2.75) is 13.0 Å². The molecule has 1 aromatic heterocycles. The van der Waals surface area contributed by atoms with E-state index in [0.717, 1.165) is 11.4 Å². The number of urea groups is 1. The molecule has 23 heavy (non-hydrogen) atoms. The quantitative estimate of drug-likeness (QED) is 0.878. The van der Waals surface area contributed by atoms with Crippen molar-refractivity contribution in [1.82, 2.24) is 20.0 Å². The number of carboxylic acid groups (broad SMARTS) is 1. The summed E-state index contributed by atoms with van der Waals surface area (Å²) in [7, 11) is 1.55. The summed E-state index contributed by atoms with van der Waals surface area (Å²) in [5.41, 5.74) is 2.10. The minimum atomic E-state index is -1.10. The van der Waals surface area contributed by atoms with Gasteiger partial charge in [-0.1, -0.05) is 11.6 Å². The van der Waals surface area contributed by atoms with Crippen molar-refractivity contribution in [3.05, 3.63) is 46.2 Å². The van der Waals surface area contributed by atoms with Crippen molar-refractivity contribution in [2.75, 3.05) is 13.6 Å². The molecular formula is C15H15ClN4O3. The lowest BCUT2D eigenvalue weighted by Gasteiger charge is -2.27. The summed E-state index contributed by atoms with van der Waals surface area (Å²) in [6.45, 7) is 0.731. The number of nitrogens with zero attached hydrogens (tertiary/aromatic N) is 3. The van der Waals surface area contributed by atoms with Crippen LogP contribution in [0.2, 0.25) is 5.02 Å². The second kappa shape index (κ2) is 5.92. The summed E-state index contributed by atoms with van der Waals surface area (Å²) in [5.74, 6) is -1.10. The minimum absolute atomic E-state index is 0.0245. The van der Waals surface area contributed by atoms with Crippen LogP contribution in [-0.2, 0) is 13.0 Å². The average molecular weight is 335 g/mol. The molecule has 7 nitrogen and oxygen atoms in total. The monoisotopic (exact) mass is 334 g/mol. The Bertz CT molecular complexity index is 770. The lowest BCUT2D eigenvalue weighted by molar-refractivity contribution is 0.0687. The standard InChI is InChI=1S/C15H15ClN4O3/c1-17-15(23)19-7-6-12-11(8-19)13(14(21)22)18-20(12)10-4-2-9(16)3-5-10/h2-5H,6-8H2,1H3,(H,17,23)(H,21,22). The molecule has 8 heteroatoms. The SMILES string of the molecule is CNC(=O)N1CCc2c(c(C(=O)O)nn2-c2ccc(Cl)cc2)C1. The van der Waals surface area contributed by atoms with Crippen LogP contribution in [0, 0.1) is 0 Å². The molecule has 0 bridgehead atoms. The minimum Gasteiger partial charge on any atom is -0.476 e. The molecule has 2 amide bonds. The maximum Gasteiger partial charge on any atom is 0.356 e. The van der Waals surface area contributed by atoms with E-state index in [-0.39, 0.29) is 18.3 Å². The molecule has 3 rings (SSSR count). The van der Waals surface area contributed by atoms with Crippen LogP contribution in [-0.4, -0.2) is 45.4 Å². The summed E-state index contributed by atoms with van der Waals surface area (Å²) < 4.78 is 1.62. The van der Waals surface area contributed by atoms with Gasteiger partial charge in [0.1, 0.15) is 0 Å². The van der Waals surface area contributed by atoms with Crippen LogP contribution < -0.4 is 5.32 Å². The van der Waals surface area contributed by atoms with Gasteiger partial charge in [0, 0.05) is 30.6 Å². The number of hydrogen-bond donors (Lipinski definition) is 2. The van der Waals surface area contributed by atoms with E-state index in [1.165, 1.54) is 0 Å². The first-order valence-electron chi connectivity index (χ1n) is 7.08. The van der Waals surface area contributed by atoms with Gasteiger partial charge in [0.05, 0.1) is 17.9 Å². The van der Waals surface area contributed by atoms with Gasteiger partial charge < -0.3 is 15.3 Å². The number of carbonyl (C=O) groups is 2. The molecule has 0 unspecified atom stereocenters. The number of rotatable bonds is 2. The number of halogens is 1. The van der Waals surface area contributed by atoms with Gasteiger partial charge in [-0.05, 0) is 24.3 Å². The van der Waals surface area contributed by atoms with Crippen molar-refractivity contribution >= 4 is 23.6 Å². The third kappa shape index (κ3) is 2.75. The fraction of sp³-hybridized carbons (Fsp3) is 0.267.